The van der Waals surface area contributed by atoms with Gasteiger partial charge in [-0.25, -0.2) is 0 Å². The maximum absolute atomic E-state index is 4.36. The Morgan fingerprint density at radius 3 is 2.33 bits per heavy atom. The number of hydrogen-bond donors (Lipinski definition) is 1. The quantitative estimate of drug-likeness (QED) is 0.441. The minimum absolute atomic E-state index is 0. The Kier molecular flexibility index (Phi) is 8.74. The van der Waals surface area contributed by atoms with Crippen LogP contribution in [-0.2, 0) is 13.0 Å². The fourth-order valence-electron chi connectivity index (χ4n) is 2.39. The molecule has 0 aliphatic heterocycles. The third-order valence-electron chi connectivity index (χ3n) is 3.78. The van der Waals surface area contributed by atoms with Crippen molar-refractivity contribution in [3.8, 4) is 0 Å². The van der Waals surface area contributed by atoms with Crippen LogP contribution in [0.2, 0.25) is 0 Å². The van der Waals surface area contributed by atoms with Crippen LogP contribution in [-0.4, -0.2) is 36.5 Å². The van der Waals surface area contributed by atoms with Crippen LogP contribution in [0.3, 0.4) is 0 Å². The number of aliphatic imine (C=N–C) groups is 1. The molecule has 0 saturated heterocycles. The molecule has 5 heteroatoms. The molecule has 0 bridgehead atoms. The monoisotopic (exact) mass is 438 g/mol. The molecular formula is C19H27IN4. The second-order valence-corrected chi connectivity index (χ2v) is 5.87. The van der Waals surface area contributed by atoms with Gasteiger partial charge in [-0.05, 0) is 37.5 Å². The van der Waals surface area contributed by atoms with Crippen molar-refractivity contribution in [3.05, 3.63) is 65.0 Å². The maximum atomic E-state index is 4.36. The molecule has 1 heterocycles. The Bertz CT molecular complexity index is 635. The average Bonchev–Trinajstić information content (AvgIpc) is 2.55. The van der Waals surface area contributed by atoms with E-state index in [1.54, 1.807) is 0 Å². The van der Waals surface area contributed by atoms with E-state index >= 15 is 0 Å². The molecule has 24 heavy (non-hydrogen) atoms. The lowest BCUT2D eigenvalue weighted by Gasteiger charge is -2.22. The molecule has 1 aromatic carbocycles. The molecule has 1 N–H and O–H groups in total. The van der Waals surface area contributed by atoms with Gasteiger partial charge in [-0.1, -0.05) is 35.9 Å². The van der Waals surface area contributed by atoms with E-state index in [0.717, 1.165) is 31.2 Å². The summed E-state index contributed by atoms with van der Waals surface area (Å²) in [6.45, 7) is 5.79. The molecule has 0 amide bonds. The summed E-state index contributed by atoms with van der Waals surface area (Å²) in [6, 6.07) is 12.8. The molecule has 4 nitrogen and oxygen atoms in total. The van der Waals surface area contributed by atoms with Gasteiger partial charge in [-0.15, -0.1) is 24.0 Å². The first-order chi connectivity index (χ1) is 11.1. The number of pyridine rings is 1. The van der Waals surface area contributed by atoms with Gasteiger partial charge in [0.1, 0.15) is 0 Å². The van der Waals surface area contributed by atoms with Crippen LogP contribution in [0.1, 0.15) is 22.4 Å². The second kappa shape index (κ2) is 10.3. The Hall–Kier alpha value is -1.63. The van der Waals surface area contributed by atoms with Crippen LogP contribution in [0.15, 0.2) is 47.6 Å². The molecule has 1 aromatic heterocycles. The van der Waals surface area contributed by atoms with Crippen LogP contribution >= 0.6 is 24.0 Å². The predicted octanol–water partition coefficient (Wildman–Crippen LogP) is 3.57. The van der Waals surface area contributed by atoms with Crippen molar-refractivity contribution in [1.82, 2.24) is 15.2 Å². The number of nitrogens with one attached hydrogen (secondary N) is 1. The highest BCUT2D eigenvalue weighted by Crippen LogP contribution is 2.06. The van der Waals surface area contributed by atoms with E-state index in [-0.39, 0.29) is 24.0 Å². The van der Waals surface area contributed by atoms with Gasteiger partial charge < -0.3 is 10.2 Å². The van der Waals surface area contributed by atoms with E-state index in [1.165, 1.54) is 16.7 Å². The minimum atomic E-state index is 0. The summed E-state index contributed by atoms with van der Waals surface area (Å²) < 4.78 is 0. The lowest BCUT2D eigenvalue weighted by molar-refractivity contribution is 0.477. The topological polar surface area (TPSA) is 40.5 Å². The summed E-state index contributed by atoms with van der Waals surface area (Å²) in [4.78, 5) is 10.8. The Morgan fingerprint density at radius 1 is 1.08 bits per heavy atom. The van der Waals surface area contributed by atoms with Crippen molar-refractivity contribution in [2.24, 2.45) is 4.99 Å². The average molecular weight is 438 g/mol. The standard InChI is InChI=1S/C19H26N4.HI/c1-15-5-8-18(9-6-15)14-23(4)19(20-3)21-12-11-17-10-7-16(2)22-13-17;/h5-10,13H,11-12,14H2,1-4H3,(H,20,21);1H. The van der Waals surface area contributed by atoms with Crippen molar-refractivity contribution in [2.75, 3.05) is 20.6 Å². The summed E-state index contributed by atoms with van der Waals surface area (Å²) in [5.41, 5.74) is 4.85. The molecule has 0 spiro atoms. The summed E-state index contributed by atoms with van der Waals surface area (Å²) in [5, 5.41) is 3.41. The highest BCUT2D eigenvalue weighted by molar-refractivity contribution is 14.0. The SMILES string of the molecule is CN=C(NCCc1ccc(C)nc1)N(C)Cc1ccc(C)cc1.I. The number of rotatable bonds is 5. The summed E-state index contributed by atoms with van der Waals surface area (Å²) in [6.07, 6.45) is 2.88. The van der Waals surface area contributed by atoms with E-state index in [1.807, 2.05) is 26.2 Å². The van der Waals surface area contributed by atoms with E-state index in [9.17, 15) is 0 Å². The third kappa shape index (κ3) is 6.47. The van der Waals surface area contributed by atoms with Crippen LogP contribution in [0, 0.1) is 13.8 Å². The number of halogens is 1. The maximum Gasteiger partial charge on any atom is 0.193 e. The molecule has 2 aromatic rings. The van der Waals surface area contributed by atoms with Crippen molar-refractivity contribution in [2.45, 2.75) is 26.8 Å². The van der Waals surface area contributed by atoms with Gasteiger partial charge >= 0.3 is 0 Å². The first-order valence-electron chi connectivity index (χ1n) is 7.97. The molecule has 0 atom stereocenters. The number of benzene rings is 1. The fourth-order valence-corrected chi connectivity index (χ4v) is 2.39. The molecule has 0 unspecified atom stereocenters. The Morgan fingerprint density at radius 2 is 1.75 bits per heavy atom. The summed E-state index contributed by atoms with van der Waals surface area (Å²) in [7, 11) is 3.88. The van der Waals surface area contributed by atoms with Crippen molar-refractivity contribution >= 4 is 29.9 Å². The molecule has 130 valence electrons. The smallest absolute Gasteiger partial charge is 0.193 e. The van der Waals surface area contributed by atoms with Crippen molar-refractivity contribution in [1.29, 1.82) is 0 Å². The van der Waals surface area contributed by atoms with Crippen LogP contribution in [0.5, 0.6) is 0 Å². The number of aromatic nitrogens is 1. The number of aryl methyl sites for hydroxylation is 2. The number of guanidine groups is 1. The molecule has 0 aliphatic rings. The Balaban J connectivity index is 0.00000288. The van der Waals surface area contributed by atoms with E-state index in [0.29, 0.717) is 0 Å². The van der Waals surface area contributed by atoms with Gasteiger partial charge in [0.15, 0.2) is 5.96 Å². The highest BCUT2D eigenvalue weighted by Gasteiger charge is 2.06. The van der Waals surface area contributed by atoms with Gasteiger partial charge in [0.25, 0.3) is 0 Å². The number of nitrogens with zero attached hydrogens (tertiary/aromatic N) is 3. The first kappa shape index (κ1) is 20.4. The van der Waals surface area contributed by atoms with E-state index in [2.05, 4.69) is 64.5 Å². The third-order valence-corrected chi connectivity index (χ3v) is 3.78. The van der Waals surface area contributed by atoms with Gasteiger partial charge in [0.2, 0.25) is 0 Å². The van der Waals surface area contributed by atoms with E-state index in [4.69, 9.17) is 0 Å². The molecule has 2 rings (SSSR count). The lowest BCUT2D eigenvalue weighted by atomic mass is 10.1. The van der Waals surface area contributed by atoms with Gasteiger partial charge in [-0.3, -0.25) is 9.98 Å². The van der Waals surface area contributed by atoms with Crippen LogP contribution in [0.25, 0.3) is 0 Å². The zero-order valence-corrected chi connectivity index (χ0v) is 17.2. The molecular weight excluding hydrogens is 411 g/mol. The second-order valence-electron chi connectivity index (χ2n) is 5.87. The first-order valence-corrected chi connectivity index (χ1v) is 7.97. The number of hydrogen-bond acceptors (Lipinski definition) is 2. The van der Waals surface area contributed by atoms with Gasteiger partial charge in [-0.2, -0.15) is 0 Å². The van der Waals surface area contributed by atoms with Crippen molar-refractivity contribution < 1.29 is 0 Å². The van der Waals surface area contributed by atoms with Crippen LogP contribution in [0.4, 0.5) is 0 Å². The Labute approximate surface area is 162 Å². The molecule has 0 aliphatic carbocycles. The molecule has 0 saturated carbocycles. The molecule has 0 fully saturated rings. The lowest BCUT2D eigenvalue weighted by Crippen LogP contribution is -2.39. The summed E-state index contributed by atoms with van der Waals surface area (Å²) >= 11 is 0. The zero-order chi connectivity index (χ0) is 16.7. The molecule has 0 radical (unpaired) electrons. The zero-order valence-electron chi connectivity index (χ0n) is 14.9. The van der Waals surface area contributed by atoms with Crippen LogP contribution < -0.4 is 5.32 Å². The highest BCUT2D eigenvalue weighted by atomic mass is 127. The largest absolute Gasteiger partial charge is 0.356 e. The minimum Gasteiger partial charge on any atom is -0.356 e. The van der Waals surface area contributed by atoms with Gasteiger partial charge in [0, 0.05) is 39.1 Å². The fraction of sp³-hybridized carbons (Fsp3) is 0.368. The summed E-state index contributed by atoms with van der Waals surface area (Å²) in [5.74, 6) is 0.908. The van der Waals surface area contributed by atoms with Crippen molar-refractivity contribution in [3.63, 3.8) is 0 Å². The normalized spacial score (nSPS) is 10.9. The van der Waals surface area contributed by atoms with E-state index < -0.39 is 0 Å². The van der Waals surface area contributed by atoms with Gasteiger partial charge in [0.05, 0.1) is 0 Å². The predicted molar refractivity (Wildman–Crippen MR) is 112 cm³/mol.